The van der Waals surface area contributed by atoms with Crippen molar-refractivity contribution >= 4 is 5.91 Å². The molecule has 6 heteroatoms. The standard InChI is InChI=1S/C26H31N3O3/c1-4-23-25(24(30)16-19(2)29(23)18-22-11-10-20(3)32-22)26(31)28-14-12-27(13-15-28)17-21-8-6-5-7-9-21/h5-11,16H,4,12-15,17-18H2,1-3H3. The number of piperazine rings is 1. The smallest absolute Gasteiger partial charge is 0.259 e. The molecule has 1 fully saturated rings. The molecule has 0 aliphatic carbocycles. The SMILES string of the molecule is CCc1c(C(=O)N2CCN(Cc3ccccc3)CC2)c(=O)cc(C)n1Cc1ccc(C)o1. The Kier molecular flexibility index (Phi) is 6.61. The van der Waals surface area contributed by atoms with Crippen LogP contribution >= 0.6 is 0 Å². The van der Waals surface area contributed by atoms with Crippen molar-refractivity contribution in [2.24, 2.45) is 0 Å². The largest absolute Gasteiger partial charge is 0.464 e. The van der Waals surface area contributed by atoms with Crippen LogP contribution in [-0.2, 0) is 19.5 Å². The van der Waals surface area contributed by atoms with Gasteiger partial charge >= 0.3 is 0 Å². The number of carbonyl (C=O) groups is 1. The van der Waals surface area contributed by atoms with Gasteiger partial charge in [-0.15, -0.1) is 0 Å². The van der Waals surface area contributed by atoms with Crippen LogP contribution in [-0.4, -0.2) is 46.5 Å². The van der Waals surface area contributed by atoms with Crippen LogP contribution in [0, 0.1) is 13.8 Å². The summed E-state index contributed by atoms with van der Waals surface area (Å²) < 4.78 is 7.79. The number of aryl methyl sites for hydroxylation is 2. The minimum absolute atomic E-state index is 0.157. The molecule has 32 heavy (non-hydrogen) atoms. The van der Waals surface area contributed by atoms with Crippen LogP contribution in [0.15, 0.2) is 57.7 Å². The molecule has 0 unspecified atom stereocenters. The summed E-state index contributed by atoms with van der Waals surface area (Å²) in [6, 6.07) is 15.8. The summed E-state index contributed by atoms with van der Waals surface area (Å²) in [4.78, 5) is 30.6. The summed E-state index contributed by atoms with van der Waals surface area (Å²) in [7, 11) is 0. The van der Waals surface area contributed by atoms with Gasteiger partial charge in [0, 0.05) is 50.2 Å². The Labute approximate surface area is 189 Å². The molecule has 3 aromatic rings. The summed E-state index contributed by atoms with van der Waals surface area (Å²) in [5.41, 5.74) is 3.00. The Morgan fingerprint density at radius 1 is 0.969 bits per heavy atom. The summed E-state index contributed by atoms with van der Waals surface area (Å²) in [6.45, 7) is 10.0. The van der Waals surface area contributed by atoms with Gasteiger partial charge in [0.1, 0.15) is 17.1 Å². The van der Waals surface area contributed by atoms with E-state index in [-0.39, 0.29) is 11.3 Å². The van der Waals surface area contributed by atoms with Crippen molar-refractivity contribution in [3.8, 4) is 0 Å². The van der Waals surface area contributed by atoms with E-state index in [9.17, 15) is 9.59 Å². The zero-order valence-corrected chi connectivity index (χ0v) is 19.1. The molecule has 168 valence electrons. The molecule has 1 aliphatic rings. The molecular weight excluding hydrogens is 402 g/mol. The average Bonchev–Trinajstić information content (AvgIpc) is 3.21. The van der Waals surface area contributed by atoms with E-state index < -0.39 is 0 Å². The van der Waals surface area contributed by atoms with Gasteiger partial charge in [-0.05, 0) is 38.0 Å². The van der Waals surface area contributed by atoms with Crippen molar-refractivity contribution in [1.82, 2.24) is 14.4 Å². The maximum Gasteiger partial charge on any atom is 0.259 e. The van der Waals surface area contributed by atoms with Gasteiger partial charge < -0.3 is 13.9 Å². The number of hydrogen-bond acceptors (Lipinski definition) is 4. The fourth-order valence-corrected chi connectivity index (χ4v) is 4.48. The quantitative estimate of drug-likeness (QED) is 0.596. The molecule has 6 nitrogen and oxygen atoms in total. The van der Waals surface area contributed by atoms with Crippen LogP contribution in [0.1, 0.15) is 45.8 Å². The van der Waals surface area contributed by atoms with E-state index in [1.165, 1.54) is 5.56 Å². The number of pyridine rings is 1. The molecule has 4 rings (SSSR count). The van der Waals surface area contributed by atoms with E-state index in [1.807, 2.05) is 60.6 Å². The fraction of sp³-hybridized carbons (Fsp3) is 0.385. The minimum atomic E-state index is -0.192. The summed E-state index contributed by atoms with van der Waals surface area (Å²) >= 11 is 0. The molecule has 0 spiro atoms. The molecule has 0 radical (unpaired) electrons. The van der Waals surface area contributed by atoms with Crippen LogP contribution in [0.4, 0.5) is 0 Å². The van der Waals surface area contributed by atoms with Gasteiger partial charge in [0.2, 0.25) is 0 Å². The number of benzene rings is 1. The summed E-state index contributed by atoms with van der Waals surface area (Å²) in [5.74, 6) is 1.51. The Morgan fingerprint density at radius 2 is 1.69 bits per heavy atom. The van der Waals surface area contributed by atoms with Crippen molar-refractivity contribution in [2.75, 3.05) is 26.2 Å². The molecule has 1 saturated heterocycles. The number of nitrogens with zero attached hydrogens (tertiary/aromatic N) is 3. The lowest BCUT2D eigenvalue weighted by atomic mass is 10.1. The number of rotatable bonds is 6. The van der Waals surface area contributed by atoms with E-state index >= 15 is 0 Å². The van der Waals surface area contributed by atoms with E-state index in [1.54, 1.807) is 6.07 Å². The summed E-state index contributed by atoms with van der Waals surface area (Å²) in [5, 5.41) is 0. The third-order valence-electron chi connectivity index (χ3n) is 6.19. The van der Waals surface area contributed by atoms with E-state index in [4.69, 9.17) is 4.42 Å². The van der Waals surface area contributed by atoms with Crippen LogP contribution in [0.25, 0.3) is 0 Å². The zero-order chi connectivity index (χ0) is 22.7. The van der Waals surface area contributed by atoms with Gasteiger partial charge in [0.05, 0.1) is 6.54 Å². The third-order valence-corrected chi connectivity index (χ3v) is 6.19. The van der Waals surface area contributed by atoms with Crippen LogP contribution in [0.2, 0.25) is 0 Å². The molecule has 2 aromatic heterocycles. The molecule has 1 amide bonds. The van der Waals surface area contributed by atoms with Gasteiger partial charge in [0.25, 0.3) is 5.91 Å². The molecule has 0 bridgehead atoms. The zero-order valence-electron chi connectivity index (χ0n) is 19.1. The van der Waals surface area contributed by atoms with Crippen LogP contribution in [0.3, 0.4) is 0 Å². The Hall–Kier alpha value is -3.12. The lowest BCUT2D eigenvalue weighted by Crippen LogP contribution is -2.49. The second kappa shape index (κ2) is 9.57. The highest BCUT2D eigenvalue weighted by Gasteiger charge is 2.27. The molecule has 0 saturated carbocycles. The monoisotopic (exact) mass is 433 g/mol. The normalized spacial score (nSPS) is 14.7. The predicted molar refractivity (Wildman–Crippen MR) is 125 cm³/mol. The lowest BCUT2D eigenvalue weighted by molar-refractivity contribution is 0.0625. The van der Waals surface area contributed by atoms with Crippen molar-refractivity contribution in [1.29, 1.82) is 0 Å². The van der Waals surface area contributed by atoms with Gasteiger partial charge in [-0.25, -0.2) is 0 Å². The van der Waals surface area contributed by atoms with Crippen LogP contribution in [0.5, 0.6) is 0 Å². The molecule has 3 heterocycles. The lowest BCUT2D eigenvalue weighted by Gasteiger charge is -2.35. The number of aromatic nitrogens is 1. The van der Waals surface area contributed by atoms with E-state index in [2.05, 4.69) is 17.0 Å². The van der Waals surface area contributed by atoms with Crippen molar-refractivity contribution in [3.05, 3.63) is 92.8 Å². The molecule has 0 atom stereocenters. The second-order valence-corrected chi connectivity index (χ2v) is 8.48. The highest BCUT2D eigenvalue weighted by molar-refractivity contribution is 5.95. The van der Waals surface area contributed by atoms with Gasteiger partial charge in [-0.3, -0.25) is 14.5 Å². The first-order chi connectivity index (χ1) is 15.5. The highest BCUT2D eigenvalue weighted by Crippen LogP contribution is 2.18. The first-order valence-electron chi connectivity index (χ1n) is 11.3. The van der Waals surface area contributed by atoms with E-state index in [0.29, 0.717) is 31.6 Å². The number of furan rings is 1. The Bertz CT molecular complexity index is 1140. The molecular formula is C26H31N3O3. The highest BCUT2D eigenvalue weighted by atomic mass is 16.3. The summed E-state index contributed by atoms with van der Waals surface area (Å²) in [6.07, 6.45) is 0.603. The Morgan fingerprint density at radius 3 is 2.31 bits per heavy atom. The maximum absolute atomic E-state index is 13.5. The number of carbonyl (C=O) groups excluding carboxylic acids is 1. The predicted octanol–water partition coefficient (Wildman–Crippen LogP) is 3.63. The average molecular weight is 434 g/mol. The second-order valence-electron chi connectivity index (χ2n) is 8.48. The van der Waals surface area contributed by atoms with E-state index in [0.717, 1.165) is 42.5 Å². The molecule has 1 aliphatic heterocycles. The van der Waals surface area contributed by atoms with Gasteiger partial charge in [-0.1, -0.05) is 37.3 Å². The Balaban J connectivity index is 1.53. The third kappa shape index (κ3) is 4.70. The first-order valence-corrected chi connectivity index (χ1v) is 11.3. The van der Waals surface area contributed by atoms with Crippen LogP contribution < -0.4 is 5.43 Å². The minimum Gasteiger partial charge on any atom is -0.464 e. The number of amides is 1. The van der Waals surface area contributed by atoms with Crippen molar-refractivity contribution in [3.63, 3.8) is 0 Å². The van der Waals surface area contributed by atoms with Gasteiger partial charge in [0.15, 0.2) is 5.43 Å². The molecule has 0 N–H and O–H groups in total. The maximum atomic E-state index is 13.5. The number of hydrogen-bond donors (Lipinski definition) is 0. The topological polar surface area (TPSA) is 58.7 Å². The first kappa shape index (κ1) is 22.1. The van der Waals surface area contributed by atoms with Gasteiger partial charge in [-0.2, -0.15) is 0 Å². The molecule has 1 aromatic carbocycles. The fourth-order valence-electron chi connectivity index (χ4n) is 4.48. The van der Waals surface area contributed by atoms with Crippen molar-refractivity contribution in [2.45, 2.75) is 40.3 Å². The van der Waals surface area contributed by atoms with Crippen molar-refractivity contribution < 1.29 is 9.21 Å².